The molecule has 6 nitrogen and oxygen atoms in total. The van der Waals surface area contributed by atoms with Gasteiger partial charge in [0.2, 0.25) is 0 Å². The van der Waals surface area contributed by atoms with Gasteiger partial charge in [0.1, 0.15) is 0 Å². The molecule has 1 aliphatic heterocycles. The Hall–Kier alpha value is -1.17. The van der Waals surface area contributed by atoms with E-state index in [1.54, 1.807) is 0 Å². The molecule has 1 aromatic rings. The average molecular weight is 197 g/mol. The smallest absolute Gasteiger partial charge is 0.263 e. The highest BCUT2D eigenvalue weighted by Crippen LogP contribution is 2.21. The van der Waals surface area contributed by atoms with E-state index in [0.717, 1.165) is 13.0 Å². The zero-order valence-electron chi connectivity index (χ0n) is 8.40. The second kappa shape index (κ2) is 3.91. The summed E-state index contributed by atoms with van der Waals surface area (Å²) in [6, 6.07) is 0.306. The number of nitrogens with one attached hydrogen (secondary N) is 2. The third kappa shape index (κ3) is 2.01. The first-order valence-corrected chi connectivity index (χ1v) is 4.87. The molecule has 6 heteroatoms. The van der Waals surface area contributed by atoms with Crippen LogP contribution < -0.4 is 5.32 Å². The van der Waals surface area contributed by atoms with Crippen LogP contribution in [0.15, 0.2) is 0 Å². The summed E-state index contributed by atoms with van der Waals surface area (Å²) in [7, 11) is 0. The van der Waals surface area contributed by atoms with E-state index in [1.165, 1.54) is 0 Å². The third-order valence-corrected chi connectivity index (χ3v) is 2.45. The second-order valence-corrected chi connectivity index (χ2v) is 3.93. The molecule has 2 heterocycles. The number of ether oxygens (including phenoxy) is 1. The van der Waals surface area contributed by atoms with Crippen molar-refractivity contribution >= 4 is 5.95 Å². The Balaban J connectivity index is 1.84. The van der Waals surface area contributed by atoms with Gasteiger partial charge in [0.15, 0.2) is 0 Å². The largest absolute Gasteiger partial charge is 0.376 e. The molecule has 0 spiro atoms. The van der Waals surface area contributed by atoms with Crippen molar-refractivity contribution < 1.29 is 4.74 Å². The first-order chi connectivity index (χ1) is 6.75. The Morgan fingerprint density at radius 1 is 1.57 bits per heavy atom. The van der Waals surface area contributed by atoms with E-state index in [9.17, 15) is 0 Å². The molecule has 14 heavy (non-hydrogen) atoms. The molecule has 78 valence electrons. The van der Waals surface area contributed by atoms with Crippen LogP contribution in [0.25, 0.3) is 0 Å². The molecule has 2 atom stereocenters. The molecular weight excluding hydrogens is 182 g/mol. The number of anilines is 1. The summed E-state index contributed by atoms with van der Waals surface area (Å²) in [5.41, 5.74) is 0. The Morgan fingerprint density at radius 3 is 3.00 bits per heavy atom. The predicted octanol–water partition coefficient (Wildman–Crippen LogP) is 0.425. The Bertz CT molecular complexity index is 273. The van der Waals surface area contributed by atoms with E-state index in [-0.39, 0.29) is 0 Å². The van der Waals surface area contributed by atoms with E-state index < -0.39 is 0 Å². The maximum absolute atomic E-state index is 5.63. The van der Waals surface area contributed by atoms with Gasteiger partial charge in [-0.2, -0.15) is 5.21 Å². The highest BCUT2D eigenvalue weighted by atomic mass is 16.5. The average Bonchev–Trinajstić information content (AvgIpc) is 2.75. The van der Waals surface area contributed by atoms with Crippen molar-refractivity contribution in [2.24, 2.45) is 5.92 Å². The number of H-pyrrole nitrogens is 1. The minimum absolute atomic E-state index is 0.306. The van der Waals surface area contributed by atoms with Crippen LogP contribution in [0, 0.1) is 5.92 Å². The van der Waals surface area contributed by atoms with Gasteiger partial charge in [0, 0.05) is 0 Å². The van der Waals surface area contributed by atoms with E-state index in [2.05, 4.69) is 39.8 Å². The molecule has 2 unspecified atom stereocenters. The van der Waals surface area contributed by atoms with E-state index >= 15 is 0 Å². The van der Waals surface area contributed by atoms with Gasteiger partial charge in [-0.1, -0.05) is 18.9 Å². The fourth-order valence-corrected chi connectivity index (χ4v) is 1.63. The normalized spacial score (nSPS) is 27.1. The zero-order chi connectivity index (χ0) is 9.97. The minimum atomic E-state index is 0.306. The summed E-state index contributed by atoms with van der Waals surface area (Å²) in [4.78, 5) is 0. The number of rotatable bonds is 3. The first-order valence-electron chi connectivity index (χ1n) is 4.87. The maximum atomic E-state index is 5.63. The highest BCUT2D eigenvalue weighted by Gasteiger charge is 2.28. The molecule has 0 amide bonds. The predicted molar refractivity (Wildman–Crippen MR) is 50.8 cm³/mol. The molecule has 0 saturated carbocycles. The van der Waals surface area contributed by atoms with Crippen LogP contribution in [-0.2, 0) is 4.74 Å². The molecular formula is C8H15N5O. The first kappa shape index (κ1) is 9.39. The zero-order valence-corrected chi connectivity index (χ0v) is 8.40. The molecule has 0 aromatic carbocycles. The van der Waals surface area contributed by atoms with Crippen molar-refractivity contribution in [2.45, 2.75) is 32.4 Å². The van der Waals surface area contributed by atoms with Crippen molar-refractivity contribution in [1.82, 2.24) is 20.6 Å². The number of nitrogens with zero attached hydrogens (tertiary/aromatic N) is 3. The van der Waals surface area contributed by atoms with Crippen LogP contribution in [0.4, 0.5) is 5.95 Å². The number of hydrogen-bond donors (Lipinski definition) is 2. The van der Waals surface area contributed by atoms with Crippen molar-refractivity contribution in [3.05, 3.63) is 0 Å². The molecule has 1 saturated heterocycles. The van der Waals surface area contributed by atoms with Crippen LogP contribution in [0.1, 0.15) is 20.3 Å². The van der Waals surface area contributed by atoms with E-state index in [4.69, 9.17) is 4.74 Å². The van der Waals surface area contributed by atoms with Crippen molar-refractivity contribution in [3.63, 3.8) is 0 Å². The van der Waals surface area contributed by atoms with Crippen LogP contribution in [0.5, 0.6) is 0 Å². The van der Waals surface area contributed by atoms with Crippen molar-refractivity contribution in [1.29, 1.82) is 0 Å². The number of tetrazole rings is 1. The highest BCUT2D eigenvalue weighted by molar-refractivity contribution is 5.21. The fraction of sp³-hybridized carbons (Fsp3) is 0.875. The van der Waals surface area contributed by atoms with Crippen molar-refractivity contribution in [2.75, 3.05) is 11.9 Å². The fourth-order valence-electron chi connectivity index (χ4n) is 1.63. The van der Waals surface area contributed by atoms with Crippen LogP contribution in [-0.4, -0.2) is 39.4 Å². The lowest BCUT2D eigenvalue weighted by molar-refractivity contribution is 0.0752. The van der Waals surface area contributed by atoms with Gasteiger partial charge in [-0.05, 0) is 17.6 Å². The summed E-state index contributed by atoms with van der Waals surface area (Å²) in [6.07, 6.45) is 1.35. The van der Waals surface area contributed by atoms with Crippen LogP contribution in [0.3, 0.4) is 0 Å². The molecule has 0 aliphatic carbocycles. The molecule has 1 aromatic heterocycles. The Labute approximate surface area is 82.4 Å². The summed E-state index contributed by atoms with van der Waals surface area (Å²) in [5, 5.41) is 16.7. The standard InChI is InChI=1S/C8H15N5O/c1-5(2)7-3-6(4-14-7)9-8-10-12-13-11-8/h5-7H,3-4H2,1-2H3,(H2,9,10,11,12,13). The number of aromatic amines is 1. The van der Waals surface area contributed by atoms with Gasteiger partial charge in [-0.3, -0.25) is 0 Å². The van der Waals surface area contributed by atoms with Gasteiger partial charge in [0.05, 0.1) is 18.8 Å². The number of aromatic nitrogens is 4. The molecule has 2 rings (SSSR count). The van der Waals surface area contributed by atoms with E-state index in [1.807, 2.05) is 0 Å². The topological polar surface area (TPSA) is 75.7 Å². The lowest BCUT2D eigenvalue weighted by atomic mass is 10.0. The summed E-state index contributed by atoms with van der Waals surface area (Å²) >= 11 is 0. The molecule has 0 radical (unpaired) electrons. The molecule has 0 bridgehead atoms. The van der Waals surface area contributed by atoms with Crippen LogP contribution >= 0.6 is 0 Å². The monoisotopic (exact) mass is 197 g/mol. The summed E-state index contributed by atoms with van der Waals surface area (Å²) in [6.45, 7) is 5.06. The lowest BCUT2D eigenvalue weighted by Gasteiger charge is -2.12. The molecule has 1 fully saturated rings. The summed E-state index contributed by atoms with van der Waals surface area (Å²) < 4.78 is 5.63. The second-order valence-electron chi connectivity index (χ2n) is 3.93. The minimum Gasteiger partial charge on any atom is -0.376 e. The third-order valence-electron chi connectivity index (χ3n) is 2.45. The number of hydrogen-bond acceptors (Lipinski definition) is 5. The SMILES string of the molecule is CC(C)C1CC(Nc2nn[nH]n2)CO1. The van der Waals surface area contributed by atoms with Crippen LogP contribution in [0.2, 0.25) is 0 Å². The van der Waals surface area contributed by atoms with Gasteiger partial charge in [-0.15, -0.1) is 5.10 Å². The maximum Gasteiger partial charge on any atom is 0.263 e. The van der Waals surface area contributed by atoms with Gasteiger partial charge in [0.25, 0.3) is 5.95 Å². The lowest BCUT2D eigenvalue weighted by Crippen LogP contribution is -2.21. The molecule has 1 aliphatic rings. The van der Waals surface area contributed by atoms with Gasteiger partial charge in [-0.25, -0.2) is 0 Å². The van der Waals surface area contributed by atoms with Crippen molar-refractivity contribution in [3.8, 4) is 0 Å². The van der Waals surface area contributed by atoms with Gasteiger partial charge >= 0.3 is 0 Å². The Morgan fingerprint density at radius 2 is 2.43 bits per heavy atom. The van der Waals surface area contributed by atoms with Gasteiger partial charge < -0.3 is 10.1 Å². The quantitative estimate of drug-likeness (QED) is 0.734. The summed E-state index contributed by atoms with van der Waals surface area (Å²) in [5.74, 6) is 1.11. The Kier molecular flexibility index (Phi) is 2.62. The van der Waals surface area contributed by atoms with E-state index in [0.29, 0.717) is 24.0 Å². The molecule has 2 N–H and O–H groups in total.